The molecule has 4 aromatic rings. The Labute approximate surface area is 179 Å². The van der Waals surface area contributed by atoms with Crippen LogP contribution in [0.1, 0.15) is 24.4 Å². The van der Waals surface area contributed by atoms with E-state index in [0.717, 1.165) is 10.9 Å². The first-order valence-electron chi connectivity index (χ1n) is 9.71. The molecule has 1 aromatic heterocycles. The third-order valence-electron chi connectivity index (χ3n) is 4.78. The molecule has 1 unspecified atom stereocenters. The molecule has 0 saturated carbocycles. The monoisotopic (exact) mass is 419 g/mol. The fourth-order valence-corrected chi connectivity index (χ4v) is 4.30. The molecular weight excluding hydrogens is 397 g/mol. The van der Waals surface area contributed by atoms with E-state index < -0.39 is 0 Å². The number of ether oxygens (including phenoxy) is 1. The highest BCUT2D eigenvalue weighted by Gasteiger charge is 2.19. The summed E-state index contributed by atoms with van der Waals surface area (Å²) in [6, 6.07) is 20.7. The van der Waals surface area contributed by atoms with Crippen molar-refractivity contribution >= 4 is 22.5 Å². The average Bonchev–Trinajstić information content (AvgIpc) is 3.17. The topological polar surface area (TPSA) is 39.9 Å². The molecule has 0 radical (unpaired) electrons. The summed E-state index contributed by atoms with van der Waals surface area (Å²) in [5.41, 5.74) is 1.25. The van der Waals surface area contributed by atoms with Crippen molar-refractivity contribution in [3.63, 3.8) is 0 Å². The Morgan fingerprint density at radius 3 is 2.63 bits per heavy atom. The minimum atomic E-state index is -0.338. The molecule has 0 bridgehead atoms. The molecule has 0 aliphatic heterocycles. The maximum absolute atomic E-state index is 13.1. The van der Waals surface area contributed by atoms with Gasteiger partial charge in [-0.25, -0.2) is 4.39 Å². The van der Waals surface area contributed by atoms with Crippen molar-refractivity contribution in [3.05, 3.63) is 96.6 Å². The number of fused-ring (bicyclic) bond motifs is 1. The highest BCUT2D eigenvalue weighted by Crippen LogP contribution is 2.29. The Bertz CT molecular complexity index is 1150. The van der Waals surface area contributed by atoms with E-state index in [9.17, 15) is 4.39 Å². The maximum Gasteiger partial charge on any atom is 0.191 e. The number of nitrogens with zero attached hydrogens (tertiary/aromatic N) is 3. The predicted octanol–water partition coefficient (Wildman–Crippen LogP) is 6.19. The van der Waals surface area contributed by atoms with Crippen LogP contribution in [0.2, 0.25) is 0 Å². The van der Waals surface area contributed by atoms with Gasteiger partial charge >= 0.3 is 0 Å². The van der Waals surface area contributed by atoms with Gasteiger partial charge in [0.25, 0.3) is 0 Å². The summed E-state index contributed by atoms with van der Waals surface area (Å²) >= 11 is 1.64. The first kappa shape index (κ1) is 20.2. The zero-order valence-electron chi connectivity index (χ0n) is 16.7. The van der Waals surface area contributed by atoms with Gasteiger partial charge in [0.2, 0.25) is 0 Å². The highest BCUT2D eigenvalue weighted by molar-refractivity contribution is 7.98. The number of rotatable bonds is 8. The van der Waals surface area contributed by atoms with Crippen molar-refractivity contribution in [3.8, 4) is 5.75 Å². The van der Waals surface area contributed by atoms with Gasteiger partial charge in [0.1, 0.15) is 11.6 Å². The second kappa shape index (κ2) is 9.13. The molecule has 0 saturated heterocycles. The van der Waals surface area contributed by atoms with Crippen LogP contribution in [0.4, 0.5) is 4.39 Å². The van der Waals surface area contributed by atoms with Crippen LogP contribution in [0.25, 0.3) is 10.8 Å². The van der Waals surface area contributed by atoms with Crippen LogP contribution in [0.3, 0.4) is 0 Å². The summed E-state index contributed by atoms with van der Waals surface area (Å²) in [6.45, 7) is 6.35. The second-order valence-corrected chi connectivity index (χ2v) is 7.82. The first-order valence-corrected chi connectivity index (χ1v) is 10.7. The number of halogens is 1. The van der Waals surface area contributed by atoms with Gasteiger partial charge in [0.05, 0.1) is 0 Å². The average molecular weight is 420 g/mol. The lowest BCUT2D eigenvalue weighted by atomic mass is 10.1. The molecule has 0 amide bonds. The Morgan fingerprint density at radius 2 is 1.83 bits per heavy atom. The summed E-state index contributed by atoms with van der Waals surface area (Å²) in [5.74, 6) is 1.78. The molecule has 30 heavy (non-hydrogen) atoms. The number of allylic oxidation sites excluding steroid dienone is 1. The largest absolute Gasteiger partial charge is 0.483 e. The van der Waals surface area contributed by atoms with E-state index in [2.05, 4.69) is 59.2 Å². The van der Waals surface area contributed by atoms with Crippen LogP contribution in [0.5, 0.6) is 5.75 Å². The van der Waals surface area contributed by atoms with E-state index >= 15 is 0 Å². The molecule has 1 atom stereocenters. The normalized spacial score (nSPS) is 12.1. The van der Waals surface area contributed by atoms with Crippen molar-refractivity contribution in [2.24, 2.45) is 0 Å². The summed E-state index contributed by atoms with van der Waals surface area (Å²) in [5, 5.41) is 12.0. The van der Waals surface area contributed by atoms with Gasteiger partial charge in [-0.2, -0.15) is 0 Å². The lowest BCUT2D eigenvalue weighted by molar-refractivity contribution is 0.210. The number of thioether (sulfide) groups is 1. The van der Waals surface area contributed by atoms with Crippen LogP contribution in [-0.2, 0) is 12.3 Å². The smallest absolute Gasteiger partial charge is 0.191 e. The molecule has 6 heteroatoms. The first-order chi connectivity index (χ1) is 14.7. The predicted molar refractivity (Wildman–Crippen MR) is 119 cm³/mol. The van der Waals surface area contributed by atoms with Crippen molar-refractivity contribution in [1.82, 2.24) is 14.8 Å². The van der Waals surface area contributed by atoms with E-state index in [-0.39, 0.29) is 11.9 Å². The Kier molecular flexibility index (Phi) is 6.14. The molecular formula is C24H22FN3OS. The Morgan fingerprint density at radius 1 is 1.07 bits per heavy atom. The molecule has 0 N–H and O–H groups in total. The molecule has 4 rings (SSSR count). The van der Waals surface area contributed by atoms with Gasteiger partial charge in [-0.1, -0.05) is 60.3 Å². The van der Waals surface area contributed by atoms with Crippen molar-refractivity contribution in [1.29, 1.82) is 0 Å². The van der Waals surface area contributed by atoms with Crippen molar-refractivity contribution in [2.45, 2.75) is 30.5 Å². The third-order valence-corrected chi connectivity index (χ3v) is 5.80. The minimum Gasteiger partial charge on any atom is -0.483 e. The lowest BCUT2D eigenvalue weighted by Crippen LogP contribution is -2.12. The van der Waals surface area contributed by atoms with Gasteiger partial charge in [0, 0.05) is 12.3 Å². The van der Waals surface area contributed by atoms with E-state index in [0.29, 0.717) is 18.1 Å². The van der Waals surface area contributed by atoms with Crippen LogP contribution in [0, 0.1) is 5.82 Å². The van der Waals surface area contributed by atoms with Crippen LogP contribution >= 0.6 is 11.8 Å². The van der Waals surface area contributed by atoms with E-state index in [1.807, 2.05) is 17.6 Å². The molecule has 0 spiro atoms. The van der Waals surface area contributed by atoms with Gasteiger partial charge in [-0.05, 0) is 47.5 Å². The Hall–Kier alpha value is -3.12. The quantitative estimate of drug-likeness (QED) is 0.252. The molecule has 1 heterocycles. The molecule has 152 valence electrons. The van der Waals surface area contributed by atoms with Crippen LogP contribution in [0.15, 0.2) is 84.5 Å². The van der Waals surface area contributed by atoms with E-state index in [4.69, 9.17) is 4.74 Å². The molecule has 3 aromatic carbocycles. The molecule has 0 aliphatic carbocycles. The van der Waals surface area contributed by atoms with Gasteiger partial charge in [-0.3, -0.25) is 4.57 Å². The number of hydrogen-bond donors (Lipinski definition) is 0. The fourth-order valence-electron chi connectivity index (χ4n) is 3.34. The van der Waals surface area contributed by atoms with Crippen LogP contribution in [-0.4, -0.2) is 14.8 Å². The van der Waals surface area contributed by atoms with Crippen molar-refractivity contribution in [2.75, 3.05) is 0 Å². The summed E-state index contributed by atoms with van der Waals surface area (Å²) < 4.78 is 21.1. The van der Waals surface area contributed by atoms with Gasteiger partial charge in [-0.15, -0.1) is 16.8 Å². The zero-order chi connectivity index (χ0) is 20.9. The highest BCUT2D eigenvalue weighted by atomic mass is 32.2. The summed E-state index contributed by atoms with van der Waals surface area (Å²) in [7, 11) is 0. The Balaban J connectivity index is 1.54. The summed E-state index contributed by atoms with van der Waals surface area (Å²) in [6.07, 6.45) is 1.48. The second-order valence-electron chi connectivity index (χ2n) is 6.88. The SMILES string of the molecule is C=CCn1c(SCc2cccc3ccccc23)nnc1C(C)Oc1ccc(F)cc1. The number of hydrogen-bond acceptors (Lipinski definition) is 4. The summed E-state index contributed by atoms with van der Waals surface area (Å²) in [4.78, 5) is 0. The minimum absolute atomic E-state index is 0.294. The number of benzene rings is 3. The van der Waals surface area contributed by atoms with Gasteiger partial charge < -0.3 is 4.74 Å². The molecule has 0 fully saturated rings. The maximum atomic E-state index is 13.1. The molecule has 4 nitrogen and oxygen atoms in total. The third kappa shape index (κ3) is 4.39. The van der Waals surface area contributed by atoms with Crippen molar-refractivity contribution < 1.29 is 9.13 Å². The lowest BCUT2D eigenvalue weighted by Gasteiger charge is -2.16. The van der Waals surface area contributed by atoms with E-state index in [1.165, 1.54) is 28.5 Å². The standard InChI is InChI=1S/C24H22FN3OS/c1-3-15-28-23(17(2)29-21-13-11-20(25)12-14-21)26-27-24(28)30-16-19-9-6-8-18-7-4-5-10-22(18)19/h3-14,17H,1,15-16H2,2H3. The molecule has 0 aliphatic rings. The van der Waals surface area contributed by atoms with E-state index in [1.54, 1.807) is 23.9 Å². The van der Waals surface area contributed by atoms with Crippen LogP contribution < -0.4 is 4.74 Å². The number of aromatic nitrogens is 3. The van der Waals surface area contributed by atoms with Gasteiger partial charge in [0.15, 0.2) is 17.1 Å². The zero-order valence-corrected chi connectivity index (χ0v) is 17.5. The fraction of sp³-hybridized carbons (Fsp3) is 0.167.